The van der Waals surface area contributed by atoms with E-state index >= 15 is 0 Å². The molecular formula is C13H13N3O3. The first kappa shape index (κ1) is 12.8. The van der Waals surface area contributed by atoms with Gasteiger partial charge in [0.05, 0.1) is 4.92 Å². The molecule has 0 aliphatic carbocycles. The van der Waals surface area contributed by atoms with Crippen molar-refractivity contribution in [1.82, 2.24) is 0 Å². The number of hydrogen-bond donors (Lipinski definition) is 3. The smallest absolute Gasteiger partial charge is 0.292 e. The summed E-state index contributed by atoms with van der Waals surface area (Å²) in [5.41, 5.74) is 7.29. The molecule has 0 spiro atoms. The van der Waals surface area contributed by atoms with Crippen LogP contribution in [-0.2, 0) is 6.54 Å². The highest BCUT2D eigenvalue weighted by atomic mass is 16.6. The number of hydrogen-bond acceptors (Lipinski definition) is 5. The van der Waals surface area contributed by atoms with Gasteiger partial charge >= 0.3 is 0 Å². The van der Waals surface area contributed by atoms with Gasteiger partial charge in [-0.3, -0.25) is 10.1 Å². The predicted octanol–water partition coefficient (Wildman–Crippen LogP) is 2.50. The summed E-state index contributed by atoms with van der Waals surface area (Å²) in [5.74, 6) is -0.0355. The van der Waals surface area contributed by atoms with E-state index in [1.54, 1.807) is 12.1 Å². The molecule has 2 aromatic rings. The number of nitrogens with one attached hydrogen (secondary N) is 1. The summed E-state index contributed by atoms with van der Waals surface area (Å²) in [6.45, 7) is 0.437. The first-order chi connectivity index (χ1) is 9.10. The Morgan fingerprint density at radius 2 is 1.89 bits per heavy atom. The van der Waals surface area contributed by atoms with Crippen LogP contribution in [0, 0.1) is 10.1 Å². The third-order valence-electron chi connectivity index (χ3n) is 2.65. The lowest BCUT2D eigenvalue weighted by atomic mass is 10.2. The Hall–Kier alpha value is -2.60. The molecule has 0 atom stereocenters. The standard InChI is InChI=1S/C13H13N3O3/c14-8-9-1-3-10(4-2-9)15-12-7-11(17)5-6-13(12)16(18)19/h1-7,15,17H,8,14H2. The number of nitro groups is 1. The van der Waals surface area contributed by atoms with Gasteiger partial charge in [-0.2, -0.15) is 0 Å². The molecule has 0 aliphatic rings. The Balaban J connectivity index is 2.31. The highest BCUT2D eigenvalue weighted by Gasteiger charge is 2.14. The minimum Gasteiger partial charge on any atom is -0.508 e. The van der Waals surface area contributed by atoms with Gasteiger partial charge in [-0.15, -0.1) is 0 Å². The van der Waals surface area contributed by atoms with Crippen molar-refractivity contribution in [2.24, 2.45) is 5.73 Å². The number of anilines is 2. The van der Waals surface area contributed by atoms with E-state index in [0.29, 0.717) is 12.2 Å². The fourth-order valence-corrected chi connectivity index (χ4v) is 1.66. The molecule has 0 saturated carbocycles. The van der Waals surface area contributed by atoms with Crippen molar-refractivity contribution in [2.75, 3.05) is 5.32 Å². The molecule has 19 heavy (non-hydrogen) atoms. The van der Waals surface area contributed by atoms with Crippen LogP contribution in [0.5, 0.6) is 5.75 Å². The molecule has 6 heteroatoms. The number of nitrogens with zero attached hydrogens (tertiary/aromatic N) is 1. The number of benzene rings is 2. The average molecular weight is 259 g/mol. The van der Waals surface area contributed by atoms with Crippen molar-refractivity contribution in [3.63, 3.8) is 0 Å². The lowest BCUT2D eigenvalue weighted by Gasteiger charge is -2.08. The van der Waals surface area contributed by atoms with Gasteiger partial charge in [0.1, 0.15) is 11.4 Å². The molecule has 0 unspecified atom stereocenters. The van der Waals surface area contributed by atoms with Gasteiger partial charge in [0.15, 0.2) is 0 Å². The summed E-state index contributed by atoms with van der Waals surface area (Å²) in [6.07, 6.45) is 0. The van der Waals surface area contributed by atoms with Crippen LogP contribution in [0.4, 0.5) is 17.1 Å². The van der Waals surface area contributed by atoms with E-state index in [1.807, 2.05) is 12.1 Å². The number of rotatable bonds is 4. The van der Waals surface area contributed by atoms with Crippen LogP contribution in [0.15, 0.2) is 42.5 Å². The minimum absolute atomic E-state index is 0.0355. The second-order valence-corrected chi connectivity index (χ2v) is 3.98. The maximum atomic E-state index is 10.9. The molecule has 0 radical (unpaired) electrons. The number of phenolic OH excluding ortho intramolecular Hbond substituents is 1. The quantitative estimate of drug-likeness (QED) is 0.578. The number of nitro benzene ring substituents is 1. The van der Waals surface area contributed by atoms with Gasteiger partial charge in [-0.05, 0) is 23.8 Å². The monoisotopic (exact) mass is 259 g/mol. The third-order valence-corrected chi connectivity index (χ3v) is 2.65. The topological polar surface area (TPSA) is 101 Å². The van der Waals surface area contributed by atoms with Gasteiger partial charge in [0, 0.05) is 24.4 Å². The third kappa shape index (κ3) is 2.99. The van der Waals surface area contributed by atoms with Crippen LogP contribution in [0.25, 0.3) is 0 Å². The molecule has 2 rings (SSSR count). The molecule has 0 saturated heterocycles. The maximum absolute atomic E-state index is 10.9. The lowest BCUT2D eigenvalue weighted by molar-refractivity contribution is -0.383. The van der Waals surface area contributed by atoms with Crippen molar-refractivity contribution in [2.45, 2.75) is 6.54 Å². The molecule has 98 valence electrons. The van der Waals surface area contributed by atoms with E-state index < -0.39 is 4.92 Å². The molecular weight excluding hydrogens is 246 g/mol. The van der Waals surface area contributed by atoms with E-state index in [0.717, 1.165) is 5.56 Å². The zero-order chi connectivity index (χ0) is 13.8. The minimum atomic E-state index is -0.504. The normalized spacial score (nSPS) is 10.2. The van der Waals surface area contributed by atoms with E-state index in [4.69, 9.17) is 5.73 Å². The van der Waals surface area contributed by atoms with Crippen molar-refractivity contribution in [3.8, 4) is 5.75 Å². The SMILES string of the molecule is NCc1ccc(Nc2cc(O)ccc2[N+](=O)[O-])cc1. The summed E-state index contributed by atoms with van der Waals surface area (Å²) in [6, 6.07) is 11.1. The molecule has 4 N–H and O–H groups in total. The Labute approximate surface area is 109 Å². The predicted molar refractivity (Wildman–Crippen MR) is 72.4 cm³/mol. The van der Waals surface area contributed by atoms with Crippen molar-refractivity contribution >= 4 is 17.1 Å². The molecule has 0 aromatic heterocycles. The number of nitrogens with two attached hydrogens (primary N) is 1. The Morgan fingerprint density at radius 1 is 1.21 bits per heavy atom. The second kappa shape index (κ2) is 5.36. The molecule has 0 aliphatic heterocycles. The molecule has 0 bridgehead atoms. The Bertz CT molecular complexity index is 597. The van der Waals surface area contributed by atoms with Crippen LogP contribution in [0.3, 0.4) is 0 Å². The first-order valence-electron chi connectivity index (χ1n) is 5.63. The van der Waals surface area contributed by atoms with Gasteiger partial charge in [-0.1, -0.05) is 12.1 Å². The van der Waals surface area contributed by atoms with Gasteiger partial charge in [0.25, 0.3) is 5.69 Å². The van der Waals surface area contributed by atoms with Gasteiger partial charge < -0.3 is 16.2 Å². The maximum Gasteiger partial charge on any atom is 0.292 e. The lowest BCUT2D eigenvalue weighted by Crippen LogP contribution is -1.98. The summed E-state index contributed by atoms with van der Waals surface area (Å²) < 4.78 is 0. The number of phenols is 1. The second-order valence-electron chi connectivity index (χ2n) is 3.98. The van der Waals surface area contributed by atoms with Gasteiger partial charge in [-0.25, -0.2) is 0 Å². The van der Waals surface area contributed by atoms with Crippen molar-refractivity contribution in [1.29, 1.82) is 0 Å². The van der Waals surface area contributed by atoms with Crippen LogP contribution >= 0.6 is 0 Å². The van der Waals surface area contributed by atoms with Gasteiger partial charge in [0.2, 0.25) is 0 Å². The zero-order valence-corrected chi connectivity index (χ0v) is 10.0. The molecule has 6 nitrogen and oxygen atoms in total. The van der Waals surface area contributed by atoms with Crippen molar-refractivity contribution < 1.29 is 10.0 Å². The highest BCUT2D eigenvalue weighted by Crippen LogP contribution is 2.30. The fourth-order valence-electron chi connectivity index (χ4n) is 1.66. The van der Waals surface area contributed by atoms with E-state index in [-0.39, 0.29) is 17.1 Å². The largest absolute Gasteiger partial charge is 0.508 e. The summed E-state index contributed by atoms with van der Waals surface area (Å²) in [7, 11) is 0. The molecule has 0 amide bonds. The summed E-state index contributed by atoms with van der Waals surface area (Å²) in [4.78, 5) is 10.4. The van der Waals surface area contributed by atoms with Crippen molar-refractivity contribution in [3.05, 3.63) is 58.1 Å². The highest BCUT2D eigenvalue weighted by molar-refractivity contribution is 5.71. The summed E-state index contributed by atoms with van der Waals surface area (Å²) in [5, 5.41) is 23.2. The van der Waals surface area contributed by atoms with Crippen LogP contribution in [0.1, 0.15) is 5.56 Å². The van der Waals surface area contributed by atoms with Crippen LogP contribution in [-0.4, -0.2) is 10.0 Å². The molecule has 0 fully saturated rings. The number of aromatic hydroxyl groups is 1. The van der Waals surface area contributed by atoms with Crippen LogP contribution < -0.4 is 11.1 Å². The van der Waals surface area contributed by atoms with E-state index in [2.05, 4.69) is 5.32 Å². The molecule has 0 heterocycles. The Morgan fingerprint density at radius 3 is 2.47 bits per heavy atom. The average Bonchev–Trinajstić information content (AvgIpc) is 2.39. The molecule has 2 aromatic carbocycles. The Kier molecular flexibility index (Phi) is 3.63. The summed E-state index contributed by atoms with van der Waals surface area (Å²) >= 11 is 0. The zero-order valence-electron chi connectivity index (χ0n) is 10.0. The van der Waals surface area contributed by atoms with E-state index in [1.165, 1.54) is 18.2 Å². The fraction of sp³-hybridized carbons (Fsp3) is 0.0769. The van der Waals surface area contributed by atoms with Crippen LogP contribution in [0.2, 0.25) is 0 Å². The van der Waals surface area contributed by atoms with E-state index in [9.17, 15) is 15.2 Å². The first-order valence-corrected chi connectivity index (χ1v) is 5.63.